The van der Waals surface area contributed by atoms with E-state index in [2.05, 4.69) is 10.6 Å². The summed E-state index contributed by atoms with van der Waals surface area (Å²) >= 11 is 0. The molecule has 0 saturated heterocycles. The number of benzene rings is 2. The average Bonchev–Trinajstić information content (AvgIpc) is 2.57. The molecule has 0 radical (unpaired) electrons. The van der Waals surface area contributed by atoms with Gasteiger partial charge < -0.3 is 16.4 Å². The molecule has 0 atom stereocenters. The van der Waals surface area contributed by atoms with Crippen molar-refractivity contribution in [2.24, 2.45) is 5.73 Å². The Morgan fingerprint density at radius 1 is 1.04 bits per heavy atom. The van der Waals surface area contributed by atoms with Crippen molar-refractivity contribution in [3.05, 3.63) is 76.1 Å². The van der Waals surface area contributed by atoms with Crippen LogP contribution in [-0.4, -0.2) is 10.8 Å². The molecule has 8 nitrogen and oxygen atoms in total. The van der Waals surface area contributed by atoms with E-state index in [9.17, 15) is 14.9 Å². The van der Waals surface area contributed by atoms with Crippen LogP contribution < -0.4 is 16.4 Å². The van der Waals surface area contributed by atoms with Gasteiger partial charge in [-0.15, -0.1) is 0 Å². The number of nitro groups is 1. The average molecular weight is 323 g/mol. The summed E-state index contributed by atoms with van der Waals surface area (Å²) in [4.78, 5) is 22.2. The molecule has 0 aliphatic rings. The van der Waals surface area contributed by atoms with Gasteiger partial charge in [-0.3, -0.25) is 14.9 Å². The van der Waals surface area contributed by atoms with Gasteiger partial charge in [-0.05, 0) is 24.3 Å². The first-order chi connectivity index (χ1) is 11.5. The van der Waals surface area contributed by atoms with Gasteiger partial charge in [0.15, 0.2) is 5.57 Å². The van der Waals surface area contributed by atoms with Crippen LogP contribution in [0.3, 0.4) is 0 Å². The second-order valence-electron chi connectivity index (χ2n) is 4.65. The molecule has 0 aromatic heterocycles. The molecule has 24 heavy (non-hydrogen) atoms. The smallest absolute Gasteiger partial charge is 0.270 e. The first-order valence-electron chi connectivity index (χ1n) is 6.79. The van der Waals surface area contributed by atoms with Crippen LogP contribution in [0.5, 0.6) is 0 Å². The minimum Gasteiger partial charge on any atom is -0.384 e. The number of non-ortho nitro benzene ring substituents is 1. The molecule has 0 heterocycles. The van der Waals surface area contributed by atoms with E-state index >= 15 is 0 Å². The van der Waals surface area contributed by atoms with Crippen LogP contribution in [0.2, 0.25) is 0 Å². The monoisotopic (exact) mass is 323 g/mol. The lowest BCUT2D eigenvalue weighted by molar-refractivity contribution is -0.384. The van der Waals surface area contributed by atoms with Gasteiger partial charge in [0.05, 0.1) is 4.92 Å². The lowest BCUT2D eigenvalue weighted by Gasteiger charge is -2.09. The number of hydrogen-bond acceptors (Lipinski definition) is 6. The van der Waals surface area contributed by atoms with Gasteiger partial charge in [-0.1, -0.05) is 18.2 Å². The Bertz CT molecular complexity index is 823. The van der Waals surface area contributed by atoms with Gasteiger partial charge in [-0.25, -0.2) is 0 Å². The van der Waals surface area contributed by atoms with E-state index in [0.717, 1.165) is 0 Å². The molecule has 2 aromatic carbocycles. The predicted octanol–water partition coefficient (Wildman–Crippen LogP) is 2.34. The highest BCUT2D eigenvalue weighted by molar-refractivity contribution is 6.07. The van der Waals surface area contributed by atoms with Gasteiger partial charge in [-0.2, -0.15) is 5.26 Å². The summed E-state index contributed by atoms with van der Waals surface area (Å²) in [6.07, 6.45) is 0. The van der Waals surface area contributed by atoms with Gasteiger partial charge in [0.1, 0.15) is 11.9 Å². The fourth-order valence-corrected chi connectivity index (χ4v) is 1.83. The van der Waals surface area contributed by atoms with Gasteiger partial charge in [0.2, 0.25) is 0 Å². The number of nitrogens with zero attached hydrogens (tertiary/aromatic N) is 2. The van der Waals surface area contributed by atoms with E-state index in [0.29, 0.717) is 11.4 Å². The van der Waals surface area contributed by atoms with Crippen LogP contribution in [0.15, 0.2) is 66.0 Å². The van der Waals surface area contributed by atoms with E-state index in [1.54, 1.807) is 36.4 Å². The molecular formula is C16H13N5O3. The maximum Gasteiger partial charge on any atom is 0.270 e. The number of nitriles is 1. The highest BCUT2D eigenvalue weighted by Crippen LogP contribution is 2.17. The molecular weight excluding hydrogens is 310 g/mol. The molecule has 0 fully saturated rings. The highest BCUT2D eigenvalue weighted by atomic mass is 16.6. The third-order valence-electron chi connectivity index (χ3n) is 3.00. The lowest BCUT2D eigenvalue weighted by atomic mass is 10.2. The largest absolute Gasteiger partial charge is 0.384 e. The molecule has 0 spiro atoms. The molecule has 8 heteroatoms. The number of rotatable bonds is 5. The van der Waals surface area contributed by atoms with Crippen LogP contribution in [0.25, 0.3) is 0 Å². The summed E-state index contributed by atoms with van der Waals surface area (Å²) in [5, 5.41) is 25.0. The Kier molecular flexibility index (Phi) is 5.10. The summed E-state index contributed by atoms with van der Waals surface area (Å²) in [6.45, 7) is 0. The van der Waals surface area contributed by atoms with E-state index in [1.807, 2.05) is 0 Å². The summed E-state index contributed by atoms with van der Waals surface area (Å²) in [5.41, 5.74) is 6.33. The zero-order chi connectivity index (χ0) is 17.5. The molecule has 0 aliphatic carbocycles. The molecule has 0 unspecified atom stereocenters. The molecule has 2 rings (SSSR count). The fraction of sp³-hybridized carbons (Fsp3) is 0. The van der Waals surface area contributed by atoms with Gasteiger partial charge >= 0.3 is 0 Å². The van der Waals surface area contributed by atoms with E-state index < -0.39 is 10.8 Å². The highest BCUT2D eigenvalue weighted by Gasteiger charge is 2.14. The molecule has 1 amide bonds. The van der Waals surface area contributed by atoms with Crippen LogP contribution in [-0.2, 0) is 4.79 Å². The Hall–Kier alpha value is -3.86. The minimum absolute atomic E-state index is 0.0783. The van der Waals surface area contributed by atoms with E-state index in [4.69, 9.17) is 11.0 Å². The summed E-state index contributed by atoms with van der Waals surface area (Å²) < 4.78 is 0. The molecule has 0 aliphatic heterocycles. The van der Waals surface area contributed by atoms with Crippen molar-refractivity contribution in [1.82, 2.24) is 0 Å². The SMILES string of the molecule is N#C/C(C(=O)Nc1ccccc1)=C(\N)Nc1ccc([N+](=O)[O-])cc1. The first kappa shape index (κ1) is 16.5. The number of para-hydroxylation sites is 1. The quantitative estimate of drug-likeness (QED) is 0.334. The number of nitro benzene ring substituents is 1. The topological polar surface area (TPSA) is 134 Å². The molecule has 0 bridgehead atoms. The molecule has 120 valence electrons. The van der Waals surface area contributed by atoms with Crippen molar-refractivity contribution in [1.29, 1.82) is 5.26 Å². The second kappa shape index (κ2) is 7.42. The lowest BCUT2D eigenvalue weighted by Crippen LogP contribution is -2.21. The maximum absolute atomic E-state index is 12.1. The van der Waals surface area contributed by atoms with Crippen molar-refractivity contribution in [3.8, 4) is 6.07 Å². The third kappa shape index (κ3) is 4.08. The number of hydrogen-bond donors (Lipinski definition) is 3. The van der Waals surface area contributed by atoms with Crippen LogP contribution in [0.4, 0.5) is 17.1 Å². The number of nitrogens with two attached hydrogens (primary N) is 1. The van der Waals surface area contributed by atoms with Crippen molar-refractivity contribution in [2.45, 2.75) is 0 Å². The van der Waals surface area contributed by atoms with Crippen molar-refractivity contribution >= 4 is 23.0 Å². The summed E-state index contributed by atoms with van der Waals surface area (Å²) in [5.74, 6) is -0.810. The first-order valence-corrected chi connectivity index (χ1v) is 6.79. The molecule has 2 aromatic rings. The van der Waals surface area contributed by atoms with Crippen molar-refractivity contribution in [3.63, 3.8) is 0 Å². The molecule has 4 N–H and O–H groups in total. The number of nitrogens with one attached hydrogen (secondary N) is 2. The number of anilines is 2. The third-order valence-corrected chi connectivity index (χ3v) is 3.00. The van der Waals surface area contributed by atoms with Crippen LogP contribution >= 0.6 is 0 Å². The van der Waals surface area contributed by atoms with Gasteiger partial charge in [0, 0.05) is 23.5 Å². The van der Waals surface area contributed by atoms with E-state index in [1.165, 1.54) is 24.3 Å². The normalized spacial score (nSPS) is 11.0. The molecule has 0 saturated carbocycles. The Labute approximate surface area is 137 Å². The minimum atomic E-state index is -0.657. The Balaban J connectivity index is 2.16. The van der Waals surface area contributed by atoms with E-state index in [-0.39, 0.29) is 17.1 Å². The summed E-state index contributed by atoms with van der Waals surface area (Å²) in [6, 6.07) is 15.8. The number of amides is 1. The summed E-state index contributed by atoms with van der Waals surface area (Å²) in [7, 11) is 0. The standard InChI is InChI=1S/C16H13N5O3/c17-10-14(16(22)20-11-4-2-1-3-5-11)15(18)19-12-6-8-13(9-7-12)21(23)24/h1-9,19H,18H2,(H,20,22)/b15-14-. The number of carbonyl (C=O) groups is 1. The fourth-order valence-electron chi connectivity index (χ4n) is 1.83. The van der Waals surface area contributed by atoms with Crippen LogP contribution in [0, 0.1) is 21.4 Å². The van der Waals surface area contributed by atoms with Crippen molar-refractivity contribution in [2.75, 3.05) is 10.6 Å². The van der Waals surface area contributed by atoms with Gasteiger partial charge in [0.25, 0.3) is 11.6 Å². The maximum atomic E-state index is 12.1. The zero-order valence-corrected chi connectivity index (χ0v) is 12.4. The predicted molar refractivity (Wildman–Crippen MR) is 88.6 cm³/mol. The second-order valence-corrected chi connectivity index (χ2v) is 4.65. The Morgan fingerprint density at radius 2 is 1.62 bits per heavy atom. The number of carbonyl (C=O) groups excluding carboxylic acids is 1. The zero-order valence-electron chi connectivity index (χ0n) is 12.4. The Morgan fingerprint density at radius 3 is 2.17 bits per heavy atom. The van der Waals surface area contributed by atoms with Crippen LogP contribution in [0.1, 0.15) is 0 Å². The van der Waals surface area contributed by atoms with Crippen molar-refractivity contribution < 1.29 is 9.72 Å².